The number of rotatable bonds is 3. The van der Waals surface area contributed by atoms with E-state index in [9.17, 15) is 17.6 Å². The van der Waals surface area contributed by atoms with E-state index in [1.807, 2.05) is 0 Å². The fraction of sp³-hybridized carbons (Fsp3) is 0.500. The van der Waals surface area contributed by atoms with Crippen LogP contribution in [0.4, 0.5) is 4.39 Å². The first-order valence-electron chi connectivity index (χ1n) is 6.58. The van der Waals surface area contributed by atoms with Crippen LogP contribution in [0.3, 0.4) is 0 Å². The maximum atomic E-state index is 13.3. The minimum absolute atomic E-state index is 0.0585. The van der Waals surface area contributed by atoms with Gasteiger partial charge in [-0.2, -0.15) is 4.31 Å². The first-order chi connectivity index (χ1) is 9.36. The summed E-state index contributed by atoms with van der Waals surface area (Å²) < 4.78 is 40.0. The van der Waals surface area contributed by atoms with Crippen molar-refractivity contribution in [3.8, 4) is 0 Å². The molecule has 1 aromatic rings. The molecular formula is C14H18FNO3S. The van der Waals surface area contributed by atoms with Crippen molar-refractivity contribution in [3.05, 3.63) is 29.1 Å². The van der Waals surface area contributed by atoms with Crippen LogP contribution in [0.5, 0.6) is 0 Å². The Bertz CT molecular complexity index is 596. The molecule has 2 rings (SSSR count). The van der Waals surface area contributed by atoms with Gasteiger partial charge in [0.15, 0.2) is 0 Å². The molecule has 0 aliphatic carbocycles. The molecular weight excluding hydrogens is 281 g/mol. The summed E-state index contributed by atoms with van der Waals surface area (Å²) in [7, 11) is -3.62. The highest BCUT2D eigenvalue weighted by Gasteiger charge is 2.31. The lowest BCUT2D eigenvalue weighted by Crippen LogP contribution is -2.39. The second-order valence-electron chi connectivity index (χ2n) is 5.25. The number of piperidine rings is 1. The second-order valence-corrected chi connectivity index (χ2v) is 7.12. The van der Waals surface area contributed by atoms with Gasteiger partial charge in [0.25, 0.3) is 0 Å². The molecule has 0 saturated carbocycles. The van der Waals surface area contributed by atoms with Crippen molar-refractivity contribution in [2.45, 2.75) is 31.6 Å². The molecule has 1 aliphatic heterocycles. The standard InChI is InChI=1S/C14H18FNO3S/c1-10-7-13(15)8-11(2)14(10)20(18,19)16-5-3-12(9-17)4-6-16/h7-9,12H,3-6H2,1-2H3. The topological polar surface area (TPSA) is 54.5 Å². The fourth-order valence-electron chi connectivity index (χ4n) is 2.69. The first-order valence-corrected chi connectivity index (χ1v) is 8.02. The van der Waals surface area contributed by atoms with Crippen molar-refractivity contribution in [2.24, 2.45) is 5.92 Å². The maximum Gasteiger partial charge on any atom is 0.243 e. The molecule has 0 unspecified atom stereocenters. The second kappa shape index (κ2) is 5.61. The third-order valence-corrected chi connectivity index (χ3v) is 5.92. The average molecular weight is 299 g/mol. The Morgan fingerprint density at radius 3 is 2.15 bits per heavy atom. The zero-order chi connectivity index (χ0) is 14.9. The Labute approximate surface area is 118 Å². The summed E-state index contributed by atoms with van der Waals surface area (Å²) in [4.78, 5) is 10.9. The van der Waals surface area contributed by atoms with Crippen molar-refractivity contribution in [2.75, 3.05) is 13.1 Å². The predicted molar refractivity (Wildman–Crippen MR) is 73.4 cm³/mol. The van der Waals surface area contributed by atoms with Crippen LogP contribution in [0.15, 0.2) is 17.0 Å². The molecule has 1 saturated heterocycles. The Kier molecular flexibility index (Phi) is 4.25. The quantitative estimate of drug-likeness (QED) is 0.803. The zero-order valence-electron chi connectivity index (χ0n) is 11.6. The van der Waals surface area contributed by atoms with Crippen LogP contribution >= 0.6 is 0 Å². The summed E-state index contributed by atoms with van der Waals surface area (Å²) in [6, 6.07) is 2.47. The van der Waals surface area contributed by atoms with Gasteiger partial charge in [-0.15, -0.1) is 0 Å². The van der Waals surface area contributed by atoms with E-state index in [1.54, 1.807) is 13.8 Å². The monoisotopic (exact) mass is 299 g/mol. The van der Waals surface area contributed by atoms with Crippen LogP contribution in [0.25, 0.3) is 0 Å². The van der Waals surface area contributed by atoms with E-state index in [-0.39, 0.29) is 10.8 Å². The number of hydrogen-bond donors (Lipinski definition) is 0. The van der Waals surface area contributed by atoms with Gasteiger partial charge < -0.3 is 4.79 Å². The number of carbonyl (C=O) groups excluding carboxylic acids is 1. The van der Waals surface area contributed by atoms with Gasteiger partial charge >= 0.3 is 0 Å². The molecule has 0 radical (unpaired) electrons. The largest absolute Gasteiger partial charge is 0.303 e. The molecule has 20 heavy (non-hydrogen) atoms. The number of nitrogens with zero attached hydrogens (tertiary/aromatic N) is 1. The van der Waals surface area contributed by atoms with Crippen molar-refractivity contribution >= 4 is 16.3 Å². The Balaban J connectivity index is 2.35. The van der Waals surface area contributed by atoms with Gasteiger partial charge in [-0.1, -0.05) is 0 Å². The van der Waals surface area contributed by atoms with Gasteiger partial charge in [0.2, 0.25) is 10.0 Å². The predicted octanol–water partition coefficient (Wildman–Crippen LogP) is 2.04. The number of hydrogen-bond acceptors (Lipinski definition) is 3. The van der Waals surface area contributed by atoms with Crippen LogP contribution < -0.4 is 0 Å². The average Bonchev–Trinajstić information content (AvgIpc) is 2.37. The van der Waals surface area contributed by atoms with E-state index in [0.29, 0.717) is 37.1 Å². The fourth-order valence-corrected chi connectivity index (χ4v) is 4.57. The Hall–Kier alpha value is -1.27. The molecule has 6 heteroatoms. The summed E-state index contributed by atoms with van der Waals surface area (Å²) in [6.45, 7) is 3.87. The first kappa shape index (κ1) is 15.1. The molecule has 1 fully saturated rings. The van der Waals surface area contributed by atoms with Crippen LogP contribution in [0, 0.1) is 25.6 Å². The molecule has 1 aromatic carbocycles. The number of sulfonamides is 1. The van der Waals surface area contributed by atoms with Gasteiger partial charge in [0.1, 0.15) is 12.1 Å². The van der Waals surface area contributed by atoms with Gasteiger partial charge in [0.05, 0.1) is 4.90 Å². The minimum atomic E-state index is -3.62. The summed E-state index contributed by atoms with van der Waals surface area (Å²) >= 11 is 0. The van der Waals surface area contributed by atoms with Crippen molar-refractivity contribution in [3.63, 3.8) is 0 Å². The van der Waals surface area contributed by atoms with E-state index in [0.717, 1.165) is 6.29 Å². The molecule has 0 atom stereocenters. The lowest BCUT2D eigenvalue weighted by molar-refractivity contribution is -0.112. The minimum Gasteiger partial charge on any atom is -0.303 e. The molecule has 0 N–H and O–H groups in total. The molecule has 0 spiro atoms. The van der Waals surface area contributed by atoms with Crippen molar-refractivity contribution in [1.82, 2.24) is 4.31 Å². The molecule has 0 bridgehead atoms. The SMILES string of the molecule is Cc1cc(F)cc(C)c1S(=O)(=O)N1CCC(C=O)CC1. The van der Waals surface area contributed by atoms with E-state index < -0.39 is 15.8 Å². The van der Waals surface area contributed by atoms with Gasteiger partial charge in [0, 0.05) is 19.0 Å². The number of benzene rings is 1. The third-order valence-electron chi connectivity index (χ3n) is 3.71. The van der Waals surface area contributed by atoms with E-state index in [2.05, 4.69) is 0 Å². The highest BCUT2D eigenvalue weighted by atomic mass is 32.2. The van der Waals surface area contributed by atoms with Crippen LogP contribution in [0.1, 0.15) is 24.0 Å². The highest BCUT2D eigenvalue weighted by Crippen LogP contribution is 2.28. The van der Waals surface area contributed by atoms with Crippen molar-refractivity contribution in [1.29, 1.82) is 0 Å². The molecule has 110 valence electrons. The van der Waals surface area contributed by atoms with E-state index in [4.69, 9.17) is 0 Å². The smallest absolute Gasteiger partial charge is 0.243 e. The van der Waals surface area contributed by atoms with E-state index >= 15 is 0 Å². The van der Waals surface area contributed by atoms with E-state index in [1.165, 1.54) is 16.4 Å². The number of aryl methyl sites for hydroxylation is 2. The molecule has 1 heterocycles. The summed E-state index contributed by atoms with van der Waals surface area (Å²) in [5.74, 6) is -0.490. The Morgan fingerprint density at radius 1 is 1.20 bits per heavy atom. The normalized spacial score (nSPS) is 18.1. The number of carbonyl (C=O) groups is 1. The molecule has 1 aliphatic rings. The van der Waals surface area contributed by atoms with Crippen LogP contribution in [0.2, 0.25) is 0 Å². The van der Waals surface area contributed by atoms with Gasteiger partial charge in [-0.25, -0.2) is 12.8 Å². The van der Waals surface area contributed by atoms with Crippen LogP contribution in [-0.2, 0) is 14.8 Å². The number of aldehydes is 1. The lowest BCUT2D eigenvalue weighted by Gasteiger charge is -2.29. The zero-order valence-corrected chi connectivity index (χ0v) is 12.4. The van der Waals surface area contributed by atoms with Crippen LogP contribution in [-0.4, -0.2) is 32.1 Å². The highest BCUT2D eigenvalue weighted by molar-refractivity contribution is 7.89. The maximum absolute atomic E-state index is 13.3. The van der Waals surface area contributed by atoms with Gasteiger partial charge in [-0.05, 0) is 49.9 Å². The molecule has 0 amide bonds. The van der Waals surface area contributed by atoms with Gasteiger partial charge in [-0.3, -0.25) is 0 Å². The summed E-state index contributed by atoms with van der Waals surface area (Å²) in [5.41, 5.74) is 0.833. The third kappa shape index (κ3) is 2.76. The lowest BCUT2D eigenvalue weighted by atomic mass is 10.0. The van der Waals surface area contributed by atoms with Crippen molar-refractivity contribution < 1.29 is 17.6 Å². The Morgan fingerprint density at radius 2 is 1.70 bits per heavy atom. The summed E-state index contributed by atoms with van der Waals surface area (Å²) in [6.07, 6.45) is 1.97. The summed E-state index contributed by atoms with van der Waals surface area (Å²) in [5, 5.41) is 0. The molecule has 4 nitrogen and oxygen atoms in total. The molecule has 0 aromatic heterocycles. The number of halogens is 1.